The summed E-state index contributed by atoms with van der Waals surface area (Å²) in [7, 11) is 1.08. The first-order valence-corrected chi connectivity index (χ1v) is 9.93. The second-order valence-corrected chi connectivity index (χ2v) is 7.04. The molecule has 25 heavy (non-hydrogen) atoms. The number of hydrogen-bond acceptors (Lipinski definition) is 0. The zero-order valence-corrected chi connectivity index (χ0v) is 21.7. The maximum absolute atomic E-state index is 7.50. The summed E-state index contributed by atoms with van der Waals surface area (Å²) in [5.41, 5.74) is 13.5. The molecule has 0 aromatic heterocycles. The van der Waals surface area contributed by atoms with Crippen LogP contribution in [0.1, 0.15) is 53.0 Å². The van der Waals surface area contributed by atoms with Gasteiger partial charge in [-0.2, -0.15) is 11.1 Å². The van der Waals surface area contributed by atoms with Crippen molar-refractivity contribution in [2.24, 2.45) is 5.92 Å². The Morgan fingerprint density at radius 3 is 1.68 bits per heavy atom. The van der Waals surface area contributed by atoms with Crippen molar-refractivity contribution in [3.05, 3.63) is 58.4 Å². The molecule has 0 amide bonds. The van der Waals surface area contributed by atoms with Crippen molar-refractivity contribution >= 4 is 15.2 Å². The molecule has 1 nitrogen and oxygen atoms in total. The van der Waals surface area contributed by atoms with Gasteiger partial charge < -0.3 is 30.5 Å². The fourth-order valence-electron chi connectivity index (χ4n) is 2.16. The van der Waals surface area contributed by atoms with Crippen molar-refractivity contribution in [1.29, 1.82) is 0 Å². The maximum Gasteiger partial charge on any atom is 4.00 e. The van der Waals surface area contributed by atoms with Crippen molar-refractivity contribution in [2.45, 2.75) is 60.6 Å². The first-order valence-electron chi connectivity index (χ1n) is 7.93. The van der Waals surface area contributed by atoms with Crippen LogP contribution in [-0.4, -0.2) is 9.52 Å². The molecule has 1 aliphatic rings. The average Bonchev–Trinajstić information content (AvgIpc) is 2.67. The van der Waals surface area contributed by atoms with Gasteiger partial charge in [-0.05, 0) is 5.92 Å². The third-order valence-electron chi connectivity index (χ3n) is 3.82. The minimum absolute atomic E-state index is 0. The first kappa shape index (κ1) is 32.8. The summed E-state index contributed by atoms with van der Waals surface area (Å²) in [6.45, 7) is 17.2. The van der Waals surface area contributed by atoms with Crippen LogP contribution in [0, 0.1) is 12.0 Å². The summed E-state index contributed by atoms with van der Waals surface area (Å²) in [5, 5.41) is 0. The van der Waals surface area contributed by atoms with Crippen LogP contribution in [0.25, 0.3) is 5.73 Å². The fraction of sp³-hybridized carbons (Fsp3) is 0.500. The standard InChI is InChI=1S/C9H12N.C9H13.C2H6Si.2ClH.Zr/c1-7(2)8-5-3-4-6-9(8)10;1-6-5-7(2)9(4)8(6)3;1-3-2;;;/h3-7,10H,1-2H3;6H,1-4H3;1-2H3;2*1H;/q2*-1;;;;+4/p-2. The monoisotopic (exact) mass is 473 g/mol. The van der Waals surface area contributed by atoms with E-state index in [0.717, 1.165) is 15.1 Å². The topological polar surface area (TPSA) is 23.8 Å². The SMILES string of the molecule is CC(C)c1ccccc1[NH-].CC1=[C-]C(C)C(C)=C1C.C[Si]C.[Cl-].[Cl-].[Zr+4]. The number of nitrogens with one attached hydrogen (secondary N) is 1. The smallest absolute Gasteiger partial charge is 1.00 e. The summed E-state index contributed by atoms with van der Waals surface area (Å²) in [6.07, 6.45) is 3.36. The molecule has 2 radical (unpaired) electrons. The molecule has 2 rings (SSSR count). The predicted molar refractivity (Wildman–Crippen MR) is 102 cm³/mol. The summed E-state index contributed by atoms with van der Waals surface area (Å²) in [5.74, 6) is 1.03. The number of benzene rings is 1. The van der Waals surface area contributed by atoms with Gasteiger partial charge in [0.25, 0.3) is 0 Å². The molecule has 5 heteroatoms. The molecule has 1 unspecified atom stereocenters. The Balaban J connectivity index is -0.000000139. The minimum atomic E-state index is 0. The molecule has 0 saturated heterocycles. The van der Waals surface area contributed by atoms with Crippen LogP contribution in [0.15, 0.2) is 41.0 Å². The van der Waals surface area contributed by atoms with Gasteiger partial charge in [0.15, 0.2) is 0 Å². The van der Waals surface area contributed by atoms with E-state index in [4.69, 9.17) is 5.73 Å². The van der Waals surface area contributed by atoms with Crippen LogP contribution in [0.2, 0.25) is 13.1 Å². The molecule has 0 spiro atoms. The molecule has 1 N–H and O–H groups in total. The number of allylic oxidation sites excluding steroid dienone is 4. The average molecular weight is 476 g/mol. The van der Waals surface area contributed by atoms with E-state index in [1.54, 1.807) is 0 Å². The third kappa shape index (κ3) is 12.2. The van der Waals surface area contributed by atoms with E-state index in [1.165, 1.54) is 16.7 Å². The number of rotatable bonds is 1. The molecule has 138 valence electrons. The van der Waals surface area contributed by atoms with E-state index in [1.807, 2.05) is 24.3 Å². The molecule has 0 bridgehead atoms. The second kappa shape index (κ2) is 17.6. The van der Waals surface area contributed by atoms with Crippen LogP contribution >= 0.6 is 0 Å². The molecular formula is C20H31Cl2NSiZr. The Morgan fingerprint density at radius 2 is 1.48 bits per heavy atom. The van der Waals surface area contributed by atoms with E-state index >= 15 is 0 Å². The van der Waals surface area contributed by atoms with Crippen molar-refractivity contribution in [2.75, 3.05) is 0 Å². The van der Waals surface area contributed by atoms with Crippen LogP contribution in [-0.2, 0) is 26.2 Å². The van der Waals surface area contributed by atoms with Crippen LogP contribution in [0.4, 0.5) is 5.69 Å². The van der Waals surface area contributed by atoms with Crippen LogP contribution < -0.4 is 24.8 Å². The molecule has 0 heterocycles. The van der Waals surface area contributed by atoms with Crippen molar-refractivity contribution in [3.8, 4) is 0 Å². The van der Waals surface area contributed by atoms with Crippen LogP contribution in [0.3, 0.4) is 0 Å². The largest absolute Gasteiger partial charge is 4.00 e. The number of hydrogen-bond donors (Lipinski definition) is 0. The number of halogens is 2. The van der Waals surface area contributed by atoms with E-state index in [0.29, 0.717) is 17.5 Å². The Hall–Kier alpha value is 0.180. The Morgan fingerprint density at radius 1 is 1.04 bits per heavy atom. The molecular weight excluding hydrogens is 444 g/mol. The predicted octanol–water partition coefficient (Wildman–Crippen LogP) is 1.01. The van der Waals surface area contributed by atoms with E-state index < -0.39 is 0 Å². The van der Waals surface area contributed by atoms with E-state index in [2.05, 4.69) is 60.7 Å². The van der Waals surface area contributed by atoms with Gasteiger partial charge >= 0.3 is 26.2 Å². The summed E-state index contributed by atoms with van der Waals surface area (Å²) in [6, 6.07) is 7.71. The van der Waals surface area contributed by atoms with Crippen LogP contribution in [0.5, 0.6) is 0 Å². The summed E-state index contributed by atoms with van der Waals surface area (Å²) in [4.78, 5) is 0. The van der Waals surface area contributed by atoms with E-state index in [9.17, 15) is 0 Å². The molecule has 1 aromatic carbocycles. The molecule has 0 fully saturated rings. The summed E-state index contributed by atoms with van der Waals surface area (Å²) >= 11 is 0. The van der Waals surface area contributed by atoms with Crippen molar-refractivity contribution in [3.63, 3.8) is 0 Å². The van der Waals surface area contributed by atoms with Gasteiger partial charge in [0.2, 0.25) is 0 Å². The van der Waals surface area contributed by atoms with Gasteiger partial charge in [0, 0.05) is 9.52 Å². The third-order valence-corrected chi connectivity index (χ3v) is 3.82. The normalized spacial score (nSPS) is 14.6. The Bertz CT molecular complexity index is 528. The molecule has 1 atom stereocenters. The molecule has 1 aromatic rings. The van der Waals surface area contributed by atoms with Gasteiger partial charge in [-0.15, -0.1) is 12.6 Å². The van der Waals surface area contributed by atoms with Crippen molar-refractivity contribution < 1.29 is 51.0 Å². The molecule has 0 saturated carbocycles. The second-order valence-electron chi connectivity index (χ2n) is 6.04. The maximum atomic E-state index is 7.50. The van der Waals surface area contributed by atoms with Gasteiger partial charge in [-0.1, -0.05) is 83.5 Å². The van der Waals surface area contributed by atoms with Gasteiger partial charge in [-0.25, -0.2) is 5.57 Å². The van der Waals surface area contributed by atoms with E-state index in [-0.39, 0.29) is 51.0 Å². The Labute approximate surface area is 190 Å². The molecule has 0 aliphatic heterocycles. The van der Waals surface area contributed by atoms with Gasteiger partial charge in [0.1, 0.15) is 0 Å². The fourth-order valence-corrected chi connectivity index (χ4v) is 2.16. The zero-order chi connectivity index (χ0) is 17.3. The Kier molecular flexibility index (Phi) is 23.1. The zero-order valence-electron chi connectivity index (χ0n) is 16.7. The van der Waals surface area contributed by atoms with Gasteiger partial charge in [-0.3, -0.25) is 6.08 Å². The van der Waals surface area contributed by atoms with Gasteiger partial charge in [0.05, 0.1) is 0 Å². The first-order chi connectivity index (χ1) is 10.3. The quantitative estimate of drug-likeness (QED) is 0.428. The minimum Gasteiger partial charge on any atom is -1.00 e. The summed E-state index contributed by atoms with van der Waals surface area (Å²) < 4.78 is 0. The molecule has 1 aliphatic carbocycles. The van der Waals surface area contributed by atoms with Crippen molar-refractivity contribution in [1.82, 2.24) is 0 Å².